The Hall–Kier alpha value is -2.90. The molecule has 12 unspecified atom stereocenters. The third kappa shape index (κ3) is 6.75. The number of nitrogens with one attached hydrogen (secondary N) is 1. The molecule has 1 aromatic carbocycles. The number of Topliss-reactive ketones (excluding diaryl/α,β-unsaturated/α-hetero) is 2. The average Bonchev–Trinajstić information content (AvgIpc) is 3.47. The summed E-state index contributed by atoms with van der Waals surface area (Å²) in [4.78, 5) is 43.9. The molecule has 5 fully saturated rings. The van der Waals surface area contributed by atoms with Gasteiger partial charge in [-0.15, -0.1) is 0 Å². The molecular weight excluding hydrogens is 683 g/mol. The number of allylic oxidation sites excluding steroid dienone is 2. The Morgan fingerprint density at radius 3 is 2.35 bits per heavy atom. The van der Waals surface area contributed by atoms with Crippen LogP contribution in [0.2, 0.25) is 0 Å². The monoisotopic (exact) mass is 752 g/mol. The SMILES string of the molecule is CC(C)C1=C2C3CCC4C(C)(CCC5C(C)C(CC(=O)C6CC(C(=O)O)C6C)CCC54C)C3CCC2(CCNCc2ccc3ccccc3n2)CC1=O.CN. The fraction of sp³-hybridized carbons (Fsp3) is 0.708. The number of para-hydroxylation sites is 1. The quantitative estimate of drug-likeness (QED) is 0.207. The van der Waals surface area contributed by atoms with E-state index in [0.29, 0.717) is 66.3 Å². The molecule has 1 aromatic heterocycles. The number of hydrogen-bond acceptors (Lipinski definition) is 6. The van der Waals surface area contributed by atoms with Crippen LogP contribution in [0.25, 0.3) is 10.9 Å². The van der Waals surface area contributed by atoms with Gasteiger partial charge in [0, 0.05) is 36.1 Å². The number of pyridine rings is 1. The number of fused-ring (bicyclic) bond motifs is 8. The molecule has 6 aliphatic rings. The van der Waals surface area contributed by atoms with Gasteiger partial charge in [0.05, 0.1) is 17.1 Å². The van der Waals surface area contributed by atoms with E-state index < -0.39 is 5.97 Å². The van der Waals surface area contributed by atoms with Crippen LogP contribution in [0.4, 0.5) is 0 Å². The van der Waals surface area contributed by atoms with Gasteiger partial charge in [0.15, 0.2) is 5.78 Å². The number of nitrogens with zero attached hydrogens (tertiary/aromatic N) is 1. The summed E-state index contributed by atoms with van der Waals surface area (Å²) in [6.45, 7) is 15.8. The van der Waals surface area contributed by atoms with Crippen LogP contribution < -0.4 is 11.1 Å². The first-order valence-electron chi connectivity index (χ1n) is 21.9. The van der Waals surface area contributed by atoms with Crippen LogP contribution in [0.5, 0.6) is 0 Å². The molecule has 4 N–H and O–H groups in total. The number of carboxylic acids is 1. The summed E-state index contributed by atoms with van der Waals surface area (Å²) in [5.74, 6) is 3.22. The van der Waals surface area contributed by atoms with Crippen molar-refractivity contribution in [2.75, 3.05) is 13.6 Å². The third-order valence-electron chi connectivity index (χ3n) is 17.2. The topological polar surface area (TPSA) is 122 Å². The first kappa shape index (κ1) is 40.3. The van der Waals surface area contributed by atoms with Crippen molar-refractivity contribution in [3.8, 4) is 0 Å². The summed E-state index contributed by atoms with van der Waals surface area (Å²) in [5.41, 5.74) is 9.93. The van der Waals surface area contributed by atoms with E-state index in [1.807, 2.05) is 13.0 Å². The molecule has 6 aliphatic carbocycles. The van der Waals surface area contributed by atoms with E-state index in [9.17, 15) is 19.5 Å². The number of aliphatic carboxylic acids is 1. The van der Waals surface area contributed by atoms with E-state index in [4.69, 9.17) is 4.98 Å². The van der Waals surface area contributed by atoms with Crippen molar-refractivity contribution in [3.05, 3.63) is 53.2 Å². The van der Waals surface area contributed by atoms with E-state index in [1.54, 1.807) is 5.57 Å². The number of rotatable bonds is 10. The molecule has 0 amide bonds. The highest BCUT2D eigenvalue weighted by Gasteiger charge is 2.64. The van der Waals surface area contributed by atoms with Crippen LogP contribution in [0.15, 0.2) is 47.5 Å². The van der Waals surface area contributed by atoms with Crippen molar-refractivity contribution < 1.29 is 19.5 Å². The van der Waals surface area contributed by atoms with Crippen molar-refractivity contribution in [1.82, 2.24) is 10.3 Å². The van der Waals surface area contributed by atoms with Gasteiger partial charge in [-0.05, 0) is 154 Å². The maximum absolute atomic E-state index is 14.0. The Labute approximate surface area is 330 Å². The minimum absolute atomic E-state index is 0.00645. The zero-order valence-corrected chi connectivity index (χ0v) is 34.8. The second kappa shape index (κ2) is 15.5. The van der Waals surface area contributed by atoms with Crippen molar-refractivity contribution in [3.63, 3.8) is 0 Å². The minimum atomic E-state index is -0.745. The summed E-state index contributed by atoms with van der Waals surface area (Å²) < 4.78 is 0. The summed E-state index contributed by atoms with van der Waals surface area (Å²) >= 11 is 0. The predicted octanol–water partition coefficient (Wildman–Crippen LogP) is 9.42. The molecule has 55 heavy (non-hydrogen) atoms. The van der Waals surface area contributed by atoms with Gasteiger partial charge in [-0.25, -0.2) is 0 Å². The lowest BCUT2D eigenvalue weighted by Crippen LogP contribution is -2.60. The second-order valence-electron chi connectivity index (χ2n) is 19.8. The summed E-state index contributed by atoms with van der Waals surface area (Å²) in [6.07, 6.45) is 12.5. The lowest BCUT2D eigenvalue weighted by atomic mass is 9.37. The highest BCUT2D eigenvalue weighted by atomic mass is 16.4. The molecule has 0 aliphatic heterocycles. The van der Waals surface area contributed by atoms with E-state index in [-0.39, 0.29) is 39.9 Å². The Bertz CT molecular complexity index is 1820. The molecule has 0 radical (unpaired) electrons. The predicted molar refractivity (Wildman–Crippen MR) is 220 cm³/mol. The fourth-order valence-corrected chi connectivity index (χ4v) is 14.4. The van der Waals surface area contributed by atoms with Crippen LogP contribution >= 0.6 is 0 Å². The first-order valence-corrected chi connectivity index (χ1v) is 21.9. The van der Waals surface area contributed by atoms with Crippen molar-refractivity contribution >= 4 is 28.4 Å². The molecule has 12 atom stereocenters. The largest absolute Gasteiger partial charge is 0.481 e. The maximum Gasteiger partial charge on any atom is 0.306 e. The van der Waals surface area contributed by atoms with Crippen molar-refractivity contribution in [2.24, 2.45) is 81.2 Å². The lowest BCUT2D eigenvalue weighted by molar-refractivity contribution is -0.172. The van der Waals surface area contributed by atoms with E-state index in [1.165, 1.54) is 56.5 Å². The Balaban J connectivity index is 0.00000229. The highest BCUT2D eigenvalue weighted by Crippen LogP contribution is 2.72. The number of nitrogens with two attached hydrogens (primary N) is 1. The van der Waals surface area contributed by atoms with Crippen LogP contribution in [0.3, 0.4) is 0 Å². The molecule has 8 rings (SSSR count). The molecule has 1 heterocycles. The molecule has 0 spiro atoms. The normalized spacial score (nSPS) is 39.3. The summed E-state index contributed by atoms with van der Waals surface area (Å²) in [6, 6.07) is 12.6. The third-order valence-corrected chi connectivity index (χ3v) is 17.2. The number of ketones is 2. The standard InChI is InChI=1S/C47H64N2O4.CH5N/c1-27(2)42-40(51)25-47(21-22-48-26-32-12-11-30-9-7-8-10-38(30)49-32)20-17-37-33(43(42)47)13-14-41-45(5)18-15-31(28(3)36(45)16-19-46(37,41)6)23-39(50)34-24-35(29(34)4)44(52)53;1-2/h7-12,27-29,31,33-37,41,48H,13-26H2,1-6H3,(H,52,53);2H2,1H3. The smallest absolute Gasteiger partial charge is 0.306 e. The summed E-state index contributed by atoms with van der Waals surface area (Å²) in [5, 5.41) is 14.4. The van der Waals surface area contributed by atoms with Gasteiger partial charge in [-0.1, -0.05) is 71.4 Å². The highest BCUT2D eigenvalue weighted by molar-refractivity contribution is 6.00. The molecular formula is C48H69N3O4. The van der Waals surface area contributed by atoms with Gasteiger partial charge in [0.2, 0.25) is 0 Å². The lowest BCUT2D eigenvalue weighted by Gasteiger charge is -2.67. The van der Waals surface area contributed by atoms with Crippen LogP contribution in [0.1, 0.15) is 124 Å². The average molecular weight is 752 g/mol. The number of carbonyl (C=O) groups excluding carboxylic acids is 2. The molecule has 7 nitrogen and oxygen atoms in total. The molecule has 7 heteroatoms. The zero-order valence-electron chi connectivity index (χ0n) is 34.8. The molecule has 0 saturated heterocycles. The van der Waals surface area contributed by atoms with E-state index in [2.05, 4.69) is 76.0 Å². The molecule has 5 saturated carbocycles. The number of carboxylic acid groups (broad SMARTS) is 1. The van der Waals surface area contributed by atoms with Crippen LogP contribution in [0, 0.1) is 75.4 Å². The van der Waals surface area contributed by atoms with E-state index in [0.717, 1.165) is 43.6 Å². The fourth-order valence-electron chi connectivity index (χ4n) is 14.4. The van der Waals surface area contributed by atoms with Crippen LogP contribution in [-0.2, 0) is 20.9 Å². The van der Waals surface area contributed by atoms with Crippen molar-refractivity contribution in [1.29, 1.82) is 0 Å². The number of aromatic nitrogens is 1. The Kier molecular flexibility index (Phi) is 11.3. The van der Waals surface area contributed by atoms with Gasteiger partial charge in [0.1, 0.15) is 5.78 Å². The van der Waals surface area contributed by atoms with Gasteiger partial charge in [0.25, 0.3) is 0 Å². The van der Waals surface area contributed by atoms with E-state index >= 15 is 0 Å². The molecule has 2 aromatic rings. The molecule has 0 bridgehead atoms. The summed E-state index contributed by atoms with van der Waals surface area (Å²) in [7, 11) is 1.50. The second-order valence-corrected chi connectivity index (χ2v) is 19.8. The number of hydrogen-bond donors (Lipinski definition) is 3. The van der Waals surface area contributed by atoms with Gasteiger partial charge in [-0.3, -0.25) is 19.4 Å². The van der Waals surface area contributed by atoms with Gasteiger partial charge >= 0.3 is 5.97 Å². The first-order chi connectivity index (χ1) is 26.3. The zero-order chi connectivity index (χ0) is 39.4. The Morgan fingerprint density at radius 2 is 1.62 bits per heavy atom. The Morgan fingerprint density at radius 1 is 0.909 bits per heavy atom. The number of benzene rings is 1. The minimum Gasteiger partial charge on any atom is -0.481 e. The maximum atomic E-state index is 14.0. The van der Waals surface area contributed by atoms with Crippen molar-refractivity contribution in [2.45, 2.75) is 125 Å². The number of carbonyl (C=O) groups is 3. The van der Waals surface area contributed by atoms with Crippen LogP contribution in [-0.4, -0.2) is 41.2 Å². The van der Waals surface area contributed by atoms with Gasteiger partial charge < -0.3 is 16.2 Å². The van der Waals surface area contributed by atoms with Gasteiger partial charge in [-0.2, -0.15) is 0 Å². The molecule has 300 valence electrons.